The van der Waals surface area contributed by atoms with E-state index in [1.165, 1.54) is 29.3 Å². The van der Waals surface area contributed by atoms with Crippen LogP contribution in [0, 0.1) is 0 Å². The fourth-order valence-electron chi connectivity index (χ4n) is 2.22. The minimum Gasteiger partial charge on any atom is -0.308 e. The molecule has 0 bridgehead atoms. The maximum atomic E-state index is 3.62. The molecule has 0 heterocycles. The Balaban J connectivity index is 2.27. The summed E-state index contributed by atoms with van der Waals surface area (Å²) in [5.74, 6) is 0. The Hall–Kier alpha value is -0.340. The van der Waals surface area contributed by atoms with Crippen molar-refractivity contribution in [3.63, 3.8) is 0 Å². The van der Waals surface area contributed by atoms with Gasteiger partial charge in [-0.15, -0.1) is 0 Å². The van der Waals surface area contributed by atoms with Crippen molar-refractivity contribution >= 4 is 15.9 Å². The molecule has 1 saturated carbocycles. The third kappa shape index (κ3) is 1.73. The van der Waals surface area contributed by atoms with E-state index in [-0.39, 0.29) is 5.54 Å². The Kier molecular flexibility index (Phi) is 2.93. The van der Waals surface area contributed by atoms with E-state index >= 15 is 0 Å². The van der Waals surface area contributed by atoms with Crippen molar-refractivity contribution < 1.29 is 0 Å². The zero-order valence-electron chi connectivity index (χ0n) is 8.52. The lowest BCUT2D eigenvalue weighted by Gasteiger charge is -2.43. The first-order valence-corrected chi connectivity index (χ1v) is 6.07. The molecule has 2 rings (SSSR count). The van der Waals surface area contributed by atoms with Crippen LogP contribution in [0.2, 0.25) is 0 Å². The van der Waals surface area contributed by atoms with Gasteiger partial charge in [0, 0.05) is 10.0 Å². The summed E-state index contributed by atoms with van der Waals surface area (Å²) >= 11 is 3.53. The zero-order chi connectivity index (χ0) is 10.0. The van der Waals surface area contributed by atoms with Crippen LogP contribution in [-0.2, 0) is 5.54 Å². The number of hydrogen-bond acceptors (Lipinski definition) is 1. The van der Waals surface area contributed by atoms with E-state index in [2.05, 4.69) is 52.4 Å². The molecule has 0 unspecified atom stereocenters. The fourth-order valence-corrected chi connectivity index (χ4v) is 2.62. The Morgan fingerprint density at radius 1 is 1.43 bits per heavy atom. The van der Waals surface area contributed by atoms with Crippen LogP contribution in [0.1, 0.15) is 31.7 Å². The molecule has 0 aromatic heterocycles. The Bertz CT molecular complexity index is 318. The van der Waals surface area contributed by atoms with Gasteiger partial charge < -0.3 is 5.32 Å². The highest BCUT2D eigenvalue weighted by Crippen LogP contribution is 2.41. The van der Waals surface area contributed by atoms with Crippen LogP contribution in [0.15, 0.2) is 28.7 Å². The lowest BCUT2D eigenvalue weighted by Crippen LogP contribution is -2.47. The van der Waals surface area contributed by atoms with Crippen molar-refractivity contribution in [2.45, 2.75) is 31.7 Å². The highest BCUT2D eigenvalue weighted by molar-refractivity contribution is 9.10. The van der Waals surface area contributed by atoms with Gasteiger partial charge in [0.25, 0.3) is 0 Å². The van der Waals surface area contributed by atoms with Crippen LogP contribution in [-0.4, -0.2) is 6.54 Å². The van der Waals surface area contributed by atoms with Crippen molar-refractivity contribution in [3.05, 3.63) is 34.3 Å². The van der Waals surface area contributed by atoms with Gasteiger partial charge in [-0.2, -0.15) is 0 Å². The molecule has 1 nitrogen and oxygen atoms in total. The molecular weight excluding hydrogens is 238 g/mol. The summed E-state index contributed by atoms with van der Waals surface area (Å²) in [4.78, 5) is 0. The molecule has 76 valence electrons. The summed E-state index contributed by atoms with van der Waals surface area (Å²) in [6.45, 7) is 3.23. The first kappa shape index (κ1) is 10.2. The summed E-state index contributed by atoms with van der Waals surface area (Å²) in [6, 6.07) is 8.67. The lowest BCUT2D eigenvalue weighted by atomic mass is 9.72. The number of halogens is 1. The predicted octanol–water partition coefficient (Wildman–Crippen LogP) is 3.44. The average Bonchev–Trinajstić information content (AvgIpc) is 2.11. The number of nitrogens with one attached hydrogen (secondary N) is 1. The van der Waals surface area contributed by atoms with Crippen LogP contribution in [0.5, 0.6) is 0 Å². The number of benzene rings is 1. The Morgan fingerprint density at radius 3 is 2.71 bits per heavy atom. The third-order valence-electron chi connectivity index (χ3n) is 3.10. The molecule has 14 heavy (non-hydrogen) atoms. The molecule has 1 aromatic carbocycles. The van der Waals surface area contributed by atoms with Gasteiger partial charge in [-0.3, -0.25) is 0 Å². The average molecular weight is 254 g/mol. The highest BCUT2D eigenvalue weighted by Gasteiger charge is 2.37. The van der Waals surface area contributed by atoms with Crippen molar-refractivity contribution in [1.29, 1.82) is 0 Å². The van der Waals surface area contributed by atoms with Crippen molar-refractivity contribution in [1.82, 2.24) is 5.32 Å². The zero-order valence-corrected chi connectivity index (χ0v) is 10.1. The standard InChI is InChI=1S/C12H16BrN/c1-2-14-12(7-4-8-12)10-5-3-6-11(13)9-10/h3,5-6,9,14H,2,4,7-8H2,1H3. The first-order chi connectivity index (χ1) is 6.77. The quantitative estimate of drug-likeness (QED) is 0.871. The Morgan fingerprint density at radius 2 is 2.21 bits per heavy atom. The molecule has 1 N–H and O–H groups in total. The van der Waals surface area contributed by atoms with Crippen LogP contribution in [0.4, 0.5) is 0 Å². The summed E-state index contributed by atoms with van der Waals surface area (Å²) in [5.41, 5.74) is 1.71. The largest absolute Gasteiger partial charge is 0.308 e. The molecule has 0 saturated heterocycles. The molecule has 0 radical (unpaired) electrons. The molecule has 0 aliphatic heterocycles. The highest BCUT2D eigenvalue weighted by atomic mass is 79.9. The lowest BCUT2D eigenvalue weighted by molar-refractivity contribution is 0.190. The van der Waals surface area contributed by atoms with E-state index < -0.39 is 0 Å². The molecule has 1 aliphatic rings. The van der Waals surface area contributed by atoms with Gasteiger partial charge in [0.2, 0.25) is 0 Å². The van der Waals surface area contributed by atoms with Crippen molar-refractivity contribution in [2.75, 3.05) is 6.54 Å². The molecule has 1 aliphatic carbocycles. The summed E-state index contributed by atoms with van der Waals surface area (Å²) in [6.07, 6.45) is 3.90. The maximum absolute atomic E-state index is 3.62. The summed E-state index contributed by atoms with van der Waals surface area (Å²) < 4.78 is 1.18. The molecule has 0 spiro atoms. The fraction of sp³-hybridized carbons (Fsp3) is 0.500. The van der Waals surface area contributed by atoms with Crippen molar-refractivity contribution in [2.24, 2.45) is 0 Å². The van der Waals surface area contributed by atoms with Crippen LogP contribution >= 0.6 is 15.9 Å². The van der Waals surface area contributed by atoms with Crippen LogP contribution in [0.25, 0.3) is 0 Å². The summed E-state index contributed by atoms with van der Waals surface area (Å²) in [5, 5.41) is 3.62. The van der Waals surface area contributed by atoms with Crippen LogP contribution in [0.3, 0.4) is 0 Å². The normalized spacial score (nSPS) is 19.0. The minimum absolute atomic E-state index is 0.276. The van der Waals surface area contributed by atoms with E-state index in [9.17, 15) is 0 Å². The molecule has 0 amide bonds. The van der Waals surface area contributed by atoms with Crippen LogP contribution < -0.4 is 5.32 Å². The SMILES string of the molecule is CCNC1(c2cccc(Br)c2)CCC1. The molecule has 0 atom stereocenters. The van der Waals surface area contributed by atoms with Gasteiger partial charge in [-0.05, 0) is 43.5 Å². The van der Waals surface area contributed by atoms with E-state index in [1.807, 2.05) is 0 Å². The second-order valence-electron chi connectivity index (χ2n) is 3.98. The van der Waals surface area contributed by atoms with Gasteiger partial charge in [0.1, 0.15) is 0 Å². The number of hydrogen-bond donors (Lipinski definition) is 1. The molecular formula is C12H16BrN. The second kappa shape index (κ2) is 4.03. The van der Waals surface area contributed by atoms with Gasteiger partial charge in [0.15, 0.2) is 0 Å². The van der Waals surface area contributed by atoms with E-state index in [0.29, 0.717) is 0 Å². The third-order valence-corrected chi connectivity index (χ3v) is 3.59. The first-order valence-electron chi connectivity index (χ1n) is 5.28. The summed E-state index contributed by atoms with van der Waals surface area (Å²) in [7, 11) is 0. The maximum Gasteiger partial charge on any atom is 0.0434 e. The number of rotatable bonds is 3. The smallest absolute Gasteiger partial charge is 0.0434 e. The molecule has 1 aromatic rings. The minimum atomic E-state index is 0.276. The van der Waals surface area contributed by atoms with E-state index in [1.54, 1.807) is 0 Å². The monoisotopic (exact) mass is 253 g/mol. The molecule has 2 heteroatoms. The Labute approximate surface area is 94.0 Å². The van der Waals surface area contributed by atoms with Crippen molar-refractivity contribution in [3.8, 4) is 0 Å². The second-order valence-corrected chi connectivity index (χ2v) is 4.89. The van der Waals surface area contributed by atoms with E-state index in [4.69, 9.17) is 0 Å². The van der Waals surface area contributed by atoms with E-state index in [0.717, 1.165) is 6.54 Å². The topological polar surface area (TPSA) is 12.0 Å². The van der Waals surface area contributed by atoms with Gasteiger partial charge in [0.05, 0.1) is 0 Å². The van der Waals surface area contributed by atoms with Gasteiger partial charge >= 0.3 is 0 Å². The predicted molar refractivity (Wildman–Crippen MR) is 63.3 cm³/mol. The van der Waals surface area contributed by atoms with Gasteiger partial charge in [-0.1, -0.05) is 35.0 Å². The molecule has 1 fully saturated rings. The van der Waals surface area contributed by atoms with Gasteiger partial charge in [-0.25, -0.2) is 0 Å².